The standard InChI is InChI=1S/C20H18/c1-2-6-15(7-3-1)14-17-11-13-20-18-9-5-4-8-16(18)10-12-19(17)20/h1-9,14H,10-13H2/b17-14+. The van der Waals surface area contributed by atoms with Crippen LogP contribution in [0.5, 0.6) is 0 Å². The van der Waals surface area contributed by atoms with E-state index in [2.05, 4.69) is 60.7 Å². The van der Waals surface area contributed by atoms with Gasteiger partial charge in [0.05, 0.1) is 0 Å². The molecule has 4 rings (SSSR count). The number of rotatable bonds is 1. The maximum Gasteiger partial charge on any atom is -0.0189 e. The fourth-order valence-electron chi connectivity index (χ4n) is 3.57. The van der Waals surface area contributed by atoms with Crippen molar-refractivity contribution >= 4 is 11.6 Å². The predicted octanol–water partition coefficient (Wildman–Crippen LogP) is 5.26. The summed E-state index contributed by atoms with van der Waals surface area (Å²) in [7, 11) is 0. The summed E-state index contributed by atoms with van der Waals surface area (Å²) in [6.45, 7) is 0. The molecule has 0 spiro atoms. The van der Waals surface area contributed by atoms with Gasteiger partial charge in [-0.1, -0.05) is 60.7 Å². The predicted molar refractivity (Wildman–Crippen MR) is 85.3 cm³/mol. The first kappa shape index (κ1) is 11.7. The molecule has 0 fully saturated rings. The largest absolute Gasteiger partial charge is 0.0622 e. The topological polar surface area (TPSA) is 0 Å². The summed E-state index contributed by atoms with van der Waals surface area (Å²) in [5.41, 5.74) is 9.15. The van der Waals surface area contributed by atoms with E-state index in [-0.39, 0.29) is 0 Å². The van der Waals surface area contributed by atoms with Crippen LogP contribution in [0.15, 0.2) is 65.7 Å². The lowest BCUT2D eigenvalue weighted by molar-refractivity contribution is 0.936. The third-order valence-corrected chi connectivity index (χ3v) is 4.52. The van der Waals surface area contributed by atoms with Crippen LogP contribution in [-0.4, -0.2) is 0 Å². The van der Waals surface area contributed by atoms with Crippen molar-refractivity contribution in [2.75, 3.05) is 0 Å². The Bertz CT molecular complexity index is 702. The van der Waals surface area contributed by atoms with Crippen LogP contribution in [0.3, 0.4) is 0 Å². The van der Waals surface area contributed by atoms with E-state index in [0.717, 1.165) is 0 Å². The molecule has 0 heterocycles. The first-order chi connectivity index (χ1) is 9.92. The van der Waals surface area contributed by atoms with Gasteiger partial charge in [-0.25, -0.2) is 0 Å². The lowest BCUT2D eigenvalue weighted by Gasteiger charge is -2.19. The Hall–Kier alpha value is -2.08. The number of allylic oxidation sites excluding steroid dienone is 3. The maximum absolute atomic E-state index is 2.39. The summed E-state index contributed by atoms with van der Waals surface area (Å²) in [5.74, 6) is 0. The summed E-state index contributed by atoms with van der Waals surface area (Å²) in [6.07, 6.45) is 7.21. The van der Waals surface area contributed by atoms with E-state index in [1.807, 2.05) is 0 Å². The molecule has 0 heteroatoms. The van der Waals surface area contributed by atoms with Crippen molar-refractivity contribution in [2.24, 2.45) is 0 Å². The van der Waals surface area contributed by atoms with E-state index in [4.69, 9.17) is 0 Å². The van der Waals surface area contributed by atoms with Gasteiger partial charge >= 0.3 is 0 Å². The minimum absolute atomic E-state index is 1.20. The highest BCUT2D eigenvalue weighted by molar-refractivity contribution is 5.82. The number of aryl methyl sites for hydroxylation is 1. The molecule has 0 bridgehead atoms. The zero-order valence-corrected chi connectivity index (χ0v) is 11.6. The van der Waals surface area contributed by atoms with Crippen LogP contribution < -0.4 is 0 Å². The van der Waals surface area contributed by atoms with Gasteiger partial charge in [-0.2, -0.15) is 0 Å². The highest BCUT2D eigenvalue weighted by Gasteiger charge is 2.25. The quantitative estimate of drug-likeness (QED) is 0.654. The van der Waals surface area contributed by atoms with E-state index in [0.29, 0.717) is 0 Å². The van der Waals surface area contributed by atoms with Crippen molar-refractivity contribution in [3.63, 3.8) is 0 Å². The molecule has 0 radical (unpaired) electrons. The Kier molecular flexibility index (Phi) is 2.81. The minimum atomic E-state index is 1.20. The Morgan fingerprint density at radius 3 is 2.30 bits per heavy atom. The van der Waals surface area contributed by atoms with Crippen molar-refractivity contribution in [2.45, 2.75) is 25.7 Å². The second kappa shape index (κ2) is 4.79. The lowest BCUT2D eigenvalue weighted by Crippen LogP contribution is -2.01. The first-order valence-electron chi connectivity index (χ1n) is 7.48. The molecular weight excluding hydrogens is 240 g/mol. The van der Waals surface area contributed by atoms with Crippen molar-refractivity contribution < 1.29 is 0 Å². The second-order valence-corrected chi connectivity index (χ2v) is 5.69. The number of hydrogen-bond donors (Lipinski definition) is 0. The van der Waals surface area contributed by atoms with Gasteiger partial charge in [-0.05, 0) is 59.1 Å². The van der Waals surface area contributed by atoms with Gasteiger partial charge in [-0.15, -0.1) is 0 Å². The van der Waals surface area contributed by atoms with E-state index < -0.39 is 0 Å². The summed E-state index contributed by atoms with van der Waals surface area (Å²) in [6, 6.07) is 19.6. The van der Waals surface area contributed by atoms with Gasteiger partial charge in [0.2, 0.25) is 0 Å². The molecule has 20 heavy (non-hydrogen) atoms. The van der Waals surface area contributed by atoms with Gasteiger partial charge in [0.25, 0.3) is 0 Å². The summed E-state index contributed by atoms with van der Waals surface area (Å²) in [4.78, 5) is 0. The molecule has 0 nitrogen and oxygen atoms in total. The van der Waals surface area contributed by atoms with Crippen molar-refractivity contribution in [1.82, 2.24) is 0 Å². The molecular formula is C20H18. The van der Waals surface area contributed by atoms with Crippen LogP contribution in [0, 0.1) is 0 Å². The van der Waals surface area contributed by atoms with Crippen molar-refractivity contribution in [3.05, 3.63) is 82.4 Å². The fourth-order valence-corrected chi connectivity index (χ4v) is 3.57. The van der Waals surface area contributed by atoms with Crippen LogP contribution in [0.1, 0.15) is 36.0 Å². The van der Waals surface area contributed by atoms with Crippen LogP contribution >= 0.6 is 0 Å². The Morgan fingerprint density at radius 2 is 1.40 bits per heavy atom. The minimum Gasteiger partial charge on any atom is -0.0622 e. The van der Waals surface area contributed by atoms with Gasteiger partial charge in [0.15, 0.2) is 0 Å². The summed E-state index contributed by atoms with van der Waals surface area (Å²) in [5, 5.41) is 0. The molecule has 2 aliphatic carbocycles. The molecule has 0 N–H and O–H groups in total. The monoisotopic (exact) mass is 258 g/mol. The Morgan fingerprint density at radius 1 is 0.650 bits per heavy atom. The third kappa shape index (κ3) is 1.92. The molecule has 2 aromatic rings. The molecule has 0 aromatic heterocycles. The van der Waals surface area contributed by atoms with Gasteiger partial charge in [0.1, 0.15) is 0 Å². The Balaban J connectivity index is 1.78. The molecule has 98 valence electrons. The smallest absolute Gasteiger partial charge is 0.0189 e. The molecule has 0 aliphatic heterocycles. The van der Waals surface area contributed by atoms with Crippen LogP contribution in [-0.2, 0) is 6.42 Å². The van der Waals surface area contributed by atoms with Crippen LogP contribution in [0.25, 0.3) is 11.6 Å². The average Bonchev–Trinajstić information content (AvgIpc) is 2.92. The second-order valence-electron chi connectivity index (χ2n) is 5.69. The molecule has 0 saturated carbocycles. The number of benzene rings is 2. The first-order valence-corrected chi connectivity index (χ1v) is 7.48. The summed E-state index contributed by atoms with van der Waals surface area (Å²) >= 11 is 0. The van der Waals surface area contributed by atoms with Crippen LogP contribution in [0.4, 0.5) is 0 Å². The van der Waals surface area contributed by atoms with E-state index in [1.165, 1.54) is 42.4 Å². The van der Waals surface area contributed by atoms with Crippen molar-refractivity contribution in [1.29, 1.82) is 0 Å². The van der Waals surface area contributed by atoms with E-state index >= 15 is 0 Å². The van der Waals surface area contributed by atoms with E-state index in [1.54, 1.807) is 16.7 Å². The molecule has 0 unspecified atom stereocenters. The average molecular weight is 258 g/mol. The molecule has 0 atom stereocenters. The number of fused-ring (bicyclic) bond motifs is 2. The molecule has 0 saturated heterocycles. The van der Waals surface area contributed by atoms with E-state index in [9.17, 15) is 0 Å². The van der Waals surface area contributed by atoms with Gasteiger partial charge in [-0.3, -0.25) is 0 Å². The molecule has 2 aromatic carbocycles. The van der Waals surface area contributed by atoms with Crippen LogP contribution in [0.2, 0.25) is 0 Å². The van der Waals surface area contributed by atoms with Gasteiger partial charge < -0.3 is 0 Å². The molecule has 2 aliphatic rings. The zero-order valence-electron chi connectivity index (χ0n) is 11.6. The van der Waals surface area contributed by atoms with Crippen molar-refractivity contribution in [3.8, 4) is 0 Å². The SMILES string of the molecule is C(=C1/CCC2=C1CCc1ccccc12)/c1ccccc1. The number of hydrogen-bond acceptors (Lipinski definition) is 0. The highest BCUT2D eigenvalue weighted by Crippen LogP contribution is 2.44. The van der Waals surface area contributed by atoms with Gasteiger partial charge in [0, 0.05) is 0 Å². The summed E-state index contributed by atoms with van der Waals surface area (Å²) < 4.78 is 0. The fraction of sp³-hybridized carbons (Fsp3) is 0.200. The zero-order chi connectivity index (χ0) is 13.4. The third-order valence-electron chi connectivity index (χ3n) is 4.52. The Labute approximate surface area is 120 Å². The molecule has 0 amide bonds. The lowest BCUT2D eigenvalue weighted by atomic mass is 9.86. The maximum atomic E-state index is 2.39. The highest BCUT2D eigenvalue weighted by atomic mass is 14.3. The normalized spacial score (nSPS) is 19.1.